The highest BCUT2D eigenvalue weighted by molar-refractivity contribution is 5.28. The van der Waals surface area contributed by atoms with Crippen LogP contribution in [0.1, 0.15) is 31.7 Å². The highest BCUT2D eigenvalue weighted by Gasteiger charge is 1.94. The molecule has 0 aromatic carbocycles. The number of hydrogen-bond donors (Lipinski definition) is 0. The van der Waals surface area contributed by atoms with Crippen molar-refractivity contribution in [1.29, 1.82) is 0 Å². The quantitative estimate of drug-likeness (QED) is 0.542. The van der Waals surface area contributed by atoms with E-state index in [1.54, 1.807) is 19.3 Å². The van der Waals surface area contributed by atoms with Crippen molar-refractivity contribution in [3.63, 3.8) is 0 Å². The molecule has 1 aromatic rings. The molecule has 0 saturated heterocycles. The first-order valence-electron chi connectivity index (χ1n) is 4.67. The third-order valence-corrected chi connectivity index (χ3v) is 1.70. The first-order chi connectivity index (χ1) is 6.79. The summed E-state index contributed by atoms with van der Waals surface area (Å²) in [6, 6.07) is 0. The molecule has 1 rings (SSSR count). The Kier molecular flexibility index (Phi) is 4.63. The first kappa shape index (κ1) is 10.6. The van der Waals surface area contributed by atoms with E-state index in [-0.39, 0.29) is 0 Å². The lowest BCUT2D eigenvalue weighted by atomic mass is 10.2. The molecule has 74 valence electrons. The number of alkyl halides is 1. The second-order valence-electron chi connectivity index (χ2n) is 3.10. The van der Waals surface area contributed by atoms with Crippen LogP contribution in [0.4, 0.5) is 4.39 Å². The van der Waals surface area contributed by atoms with Gasteiger partial charge in [0.25, 0.3) is 0 Å². The molecule has 1 atom stereocenters. The van der Waals surface area contributed by atoms with Crippen LogP contribution in [-0.2, 0) is 0 Å². The predicted octanol–water partition coefficient (Wildman–Crippen LogP) is 2.36. The van der Waals surface area contributed by atoms with Crippen molar-refractivity contribution in [3.05, 3.63) is 24.3 Å². The van der Waals surface area contributed by atoms with Gasteiger partial charge in [-0.15, -0.1) is 0 Å². The third-order valence-electron chi connectivity index (χ3n) is 1.70. The SMILES string of the molecule is CC(F)CCCC#Cc1cncnc1. The van der Waals surface area contributed by atoms with Crippen LogP contribution in [0.25, 0.3) is 0 Å². The average molecular weight is 192 g/mol. The van der Waals surface area contributed by atoms with Crippen LogP contribution in [-0.4, -0.2) is 16.1 Å². The standard InChI is InChI=1S/C11H13FN2/c1-10(12)5-3-2-4-6-11-7-13-9-14-8-11/h7-10H,2-3,5H2,1H3. The molecule has 0 bridgehead atoms. The summed E-state index contributed by atoms with van der Waals surface area (Å²) in [5.74, 6) is 5.88. The Hall–Kier alpha value is -1.43. The molecule has 0 saturated carbocycles. The van der Waals surface area contributed by atoms with E-state index in [9.17, 15) is 4.39 Å². The van der Waals surface area contributed by atoms with E-state index in [1.807, 2.05) is 0 Å². The van der Waals surface area contributed by atoms with Crippen molar-refractivity contribution >= 4 is 0 Å². The molecule has 0 aliphatic carbocycles. The Balaban J connectivity index is 2.28. The van der Waals surface area contributed by atoms with Gasteiger partial charge < -0.3 is 0 Å². The smallest absolute Gasteiger partial charge is 0.115 e. The summed E-state index contributed by atoms with van der Waals surface area (Å²) >= 11 is 0. The Morgan fingerprint density at radius 2 is 2.14 bits per heavy atom. The summed E-state index contributed by atoms with van der Waals surface area (Å²) in [5.41, 5.74) is 0.806. The Bertz CT molecular complexity index is 311. The average Bonchev–Trinajstić information content (AvgIpc) is 2.18. The van der Waals surface area contributed by atoms with Gasteiger partial charge in [-0.05, 0) is 19.8 Å². The molecule has 0 aliphatic rings. The minimum Gasteiger partial charge on any atom is -0.248 e. The van der Waals surface area contributed by atoms with Crippen molar-refractivity contribution in [2.24, 2.45) is 0 Å². The number of hydrogen-bond acceptors (Lipinski definition) is 2. The zero-order valence-electron chi connectivity index (χ0n) is 8.20. The van der Waals surface area contributed by atoms with E-state index in [2.05, 4.69) is 21.8 Å². The van der Waals surface area contributed by atoms with Crippen molar-refractivity contribution in [2.45, 2.75) is 32.4 Å². The van der Waals surface area contributed by atoms with Crippen LogP contribution in [0.5, 0.6) is 0 Å². The normalized spacial score (nSPS) is 11.6. The minimum absolute atomic E-state index is 0.583. The number of rotatable bonds is 3. The van der Waals surface area contributed by atoms with Crippen LogP contribution in [0, 0.1) is 11.8 Å². The van der Waals surface area contributed by atoms with Crippen LogP contribution in [0.15, 0.2) is 18.7 Å². The molecule has 1 heterocycles. The first-order valence-corrected chi connectivity index (χ1v) is 4.67. The molecule has 0 N–H and O–H groups in total. The van der Waals surface area contributed by atoms with Gasteiger partial charge >= 0.3 is 0 Å². The second kappa shape index (κ2) is 6.09. The maximum absolute atomic E-state index is 12.4. The molecular formula is C11H13FN2. The summed E-state index contributed by atoms with van der Waals surface area (Å²) in [7, 11) is 0. The highest BCUT2D eigenvalue weighted by atomic mass is 19.1. The van der Waals surface area contributed by atoms with E-state index in [4.69, 9.17) is 0 Å². The van der Waals surface area contributed by atoms with Gasteiger partial charge in [0, 0.05) is 18.8 Å². The molecule has 0 spiro atoms. The van der Waals surface area contributed by atoms with Crippen LogP contribution >= 0.6 is 0 Å². The van der Waals surface area contributed by atoms with Gasteiger partial charge in [0.15, 0.2) is 0 Å². The fraction of sp³-hybridized carbons (Fsp3) is 0.455. The van der Waals surface area contributed by atoms with Gasteiger partial charge in [-0.2, -0.15) is 0 Å². The van der Waals surface area contributed by atoms with Crippen molar-refractivity contribution in [2.75, 3.05) is 0 Å². The number of nitrogens with zero attached hydrogens (tertiary/aromatic N) is 2. The second-order valence-corrected chi connectivity index (χ2v) is 3.10. The highest BCUT2D eigenvalue weighted by Crippen LogP contribution is 2.02. The number of unbranched alkanes of at least 4 members (excludes halogenated alkanes) is 1. The lowest BCUT2D eigenvalue weighted by Gasteiger charge is -1.95. The summed E-state index contributed by atoms with van der Waals surface area (Å²) in [5, 5.41) is 0. The van der Waals surface area contributed by atoms with Crippen LogP contribution in [0.3, 0.4) is 0 Å². The zero-order chi connectivity index (χ0) is 10.2. The van der Waals surface area contributed by atoms with Crippen molar-refractivity contribution in [1.82, 2.24) is 9.97 Å². The minimum atomic E-state index is -0.725. The number of halogens is 1. The molecule has 1 aromatic heterocycles. The van der Waals surface area contributed by atoms with Crippen LogP contribution < -0.4 is 0 Å². The molecular weight excluding hydrogens is 179 g/mol. The summed E-state index contributed by atoms with van der Waals surface area (Å²) in [4.78, 5) is 7.68. The zero-order valence-corrected chi connectivity index (χ0v) is 8.20. The molecule has 0 fully saturated rings. The Labute approximate surface area is 83.6 Å². The number of aromatic nitrogens is 2. The predicted molar refractivity (Wildman–Crippen MR) is 53.3 cm³/mol. The maximum atomic E-state index is 12.4. The van der Waals surface area contributed by atoms with Gasteiger partial charge in [0.1, 0.15) is 6.33 Å². The molecule has 1 unspecified atom stereocenters. The fourth-order valence-corrected chi connectivity index (χ4v) is 1.000. The van der Waals surface area contributed by atoms with Crippen molar-refractivity contribution in [3.8, 4) is 11.8 Å². The Morgan fingerprint density at radius 1 is 1.43 bits per heavy atom. The maximum Gasteiger partial charge on any atom is 0.115 e. The summed E-state index contributed by atoms with van der Waals surface area (Å²) < 4.78 is 12.4. The van der Waals surface area contributed by atoms with Gasteiger partial charge in [-0.1, -0.05) is 11.8 Å². The molecule has 2 nitrogen and oxygen atoms in total. The third kappa shape index (κ3) is 4.56. The topological polar surface area (TPSA) is 25.8 Å². The molecule has 0 amide bonds. The summed E-state index contributed by atoms with van der Waals surface area (Å²) in [6.45, 7) is 1.57. The molecule has 0 aliphatic heterocycles. The monoisotopic (exact) mass is 192 g/mol. The molecule has 14 heavy (non-hydrogen) atoms. The van der Waals surface area contributed by atoms with Gasteiger partial charge in [-0.25, -0.2) is 14.4 Å². The molecule has 3 heteroatoms. The molecule has 0 radical (unpaired) electrons. The van der Waals surface area contributed by atoms with Gasteiger partial charge in [0.2, 0.25) is 0 Å². The van der Waals surface area contributed by atoms with E-state index < -0.39 is 6.17 Å². The summed E-state index contributed by atoms with van der Waals surface area (Å²) in [6.07, 6.45) is 6.18. The lowest BCUT2D eigenvalue weighted by molar-refractivity contribution is 0.336. The van der Waals surface area contributed by atoms with E-state index >= 15 is 0 Å². The lowest BCUT2D eigenvalue weighted by Crippen LogP contribution is -1.90. The van der Waals surface area contributed by atoms with E-state index in [0.29, 0.717) is 6.42 Å². The Morgan fingerprint density at radius 3 is 2.79 bits per heavy atom. The fourth-order valence-electron chi connectivity index (χ4n) is 1.000. The van der Waals surface area contributed by atoms with E-state index in [0.717, 1.165) is 18.4 Å². The van der Waals surface area contributed by atoms with Crippen molar-refractivity contribution < 1.29 is 4.39 Å². The van der Waals surface area contributed by atoms with Gasteiger partial charge in [0.05, 0.1) is 11.7 Å². The van der Waals surface area contributed by atoms with Gasteiger partial charge in [-0.3, -0.25) is 0 Å². The largest absolute Gasteiger partial charge is 0.248 e. The van der Waals surface area contributed by atoms with Crippen LogP contribution in [0.2, 0.25) is 0 Å². The van der Waals surface area contributed by atoms with E-state index in [1.165, 1.54) is 6.33 Å².